The molecule has 6 rings (SSSR count). The van der Waals surface area contributed by atoms with Gasteiger partial charge >= 0.3 is 6.18 Å². The number of nitrogen functional groups attached to an aromatic ring is 4. The number of aromatic nitrogens is 4. The highest BCUT2D eigenvalue weighted by Crippen LogP contribution is 2.32. The molecule has 8 N–H and O–H groups in total. The molecule has 2 aliphatic heterocycles. The molecule has 16 heteroatoms. The van der Waals surface area contributed by atoms with Gasteiger partial charge in [-0.3, -0.25) is 0 Å². The number of anilines is 8. The maximum Gasteiger partial charge on any atom is 0.416 e. The standard InChI is InChI=1S/C18H23N7.C16H19F3N6/c1-2-3-15-16(17(20)23-18(21)22-15)25-10-8-24(9-11-25)14-6-4-13(12-19)5-7-14;1-10-13(14(20)23-15(21)22-10)25-8-6-24(7-9-25)12-4-2-11(3-5-12)16(17,18)19/h4-7H,2-3,8-11H2,1H3,(H4,20,21,22,23);2-5H,6-9H2,1H3,(H4,20,21,22,23). The molecule has 0 saturated carbocycles. The predicted molar refractivity (Wildman–Crippen MR) is 192 cm³/mol. The van der Waals surface area contributed by atoms with Crippen molar-refractivity contribution in [1.82, 2.24) is 19.9 Å². The summed E-state index contributed by atoms with van der Waals surface area (Å²) in [6.45, 7) is 10.0. The van der Waals surface area contributed by atoms with Gasteiger partial charge in [-0.15, -0.1) is 0 Å². The number of aryl methyl sites for hydroxylation is 2. The quantitative estimate of drug-likeness (QED) is 0.227. The number of hydrogen-bond acceptors (Lipinski definition) is 13. The van der Waals surface area contributed by atoms with Gasteiger partial charge in [-0.2, -0.15) is 28.4 Å². The minimum absolute atomic E-state index is 0.141. The van der Waals surface area contributed by atoms with Crippen molar-refractivity contribution in [2.75, 3.05) is 94.9 Å². The Morgan fingerprint density at radius 3 is 1.56 bits per heavy atom. The van der Waals surface area contributed by atoms with Crippen LogP contribution < -0.4 is 42.5 Å². The lowest BCUT2D eigenvalue weighted by atomic mass is 10.1. The van der Waals surface area contributed by atoms with Crippen LogP contribution in [-0.2, 0) is 12.6 Å². The number of nitrogens with zero attached hydrogens (tertiary/aromatic N) is 9. The Bertz CT molecular complexity index is 1770. The lowest BCUT2D eigenvalue weighted by molar-refractivity contribution is -0.137. The van der Waals surface area contributed by atoms with E-state index in [1.54, 1.807) is 0 Å². The van der Waals surface area contributed by atoms with Gasteiger partial charge in [0.15, 0.2) is 11.6 Å². The Hall–Kier alpha value is -5.72. The zero-order valence-electron chi connectivity index (χ0n) is 28.2. The van der Waals surface area contributed by atoms with Crippen molar-refractivity contribution in [3.63, 3.8) is 0 Å². The largest absolute Gasteiger partial charge is 0.416 e. The van der Waals surface area contributed by atoms with Gasteiger partial charge in [0.2, 0.25) is 11.9 Å². The molecule has 4 aromatic rings. The molecule has 2 aliphatic rings. The fourth-order valence-electron chi connectivity index (χ4n) is 6.28. The normalized spacial score (nSPS) is 15.0. The number of alkyl halides is 3. The van der Waals surface area contributed by atoms with Crippen molar-refractivity contribution in [2.45, 2.75) is 32.9 Å². The van der Waals surface area contributed by atoms with Crippen LogP contribution in [0.5, 0.6) is 0 Å². The van der Waals surface area contributed by atoms with Gasteiger partial charge in [0.25, 0.3) is 0 Å². The molecule has 0 bridgehead atoms. The molecule has 2 aromatic heterocycles. The highest BCUT2D eigenvalue weighted by atomic mass is 19.4. The molecular formula is C34H42F3N13. The van der Waals surface area contributed by atoms with E-state index in [1.165, 1.54) is 12.1 Å². The van der Waals surface area contributed by atoms with Crippen molar-refractivity contribution in [3.8, 4) is 6.07 Å². The van der Waals surface area contributed by atoms with Crippen LogP contribution in [0.2, 0.25) is 0 Å². The molecule has 0 spiro atoms. The van der Waals surface area contributed by atoms with Gasteiger partial charge in [-0.05, 0) is 61.9 Å². The van der Waals surface area contributed by atoms with Crippen LogP contribution in [0.4, 0.5) is 59.5 Å². The van der Waals surface area contributed by atoms with Crippen molar-refractivity contribution >= 4 is 46.3 Å². The average molecular weight is 690 g/mol. The van der Waals surface area contributed by atoms with Crippen LogP contribution in [0.3, 0.4) is 0 Å². The van der Waals surface area contributed by atoms with Gasteiger partial charge in [0.05, 0.1) is 28.6 Å². The van der Waals surface area contributed by atoms with E-state index >= 15 is 0 Å². The molecule has 0 aliphatic carbocycles. The Morgan fingerprint density at radius 1 is 0.660 bits per heavy atom. The van der Waals surface area contributed by atoms with Crippen LogP contribution in [0, 0.1) is 18.3 Å². The van der Waals surface area contributed by atoms with Crippen LogP contribution in [0.15, 0.2) is 48.5 Å². The first kappa shape index (κ1) is 35.6. The van der Waals surface area contributed by atoms with Crippen LogP contribution in [0.25, 0.3) is 0 Å². The summed E-state index contributed by atoms with van der Waals surface area (Å²) in [5.41, 5.74) is 28.7. The fourth-order valence-corrected chi connectivity index (χ4v) is 6.28. The average Bonchev–Trinajstić information content (AvgIpc) is 3.08. The predicted octanol–water partition coefficient (Wildman–Crippen LogP) is 4.09. The number of nitrogens with two attached hydrogens (primary N) is 4. The topological polar surface area (TPSA) is 192 Å². The van der Waals surface area contributed by atoms with Gasteiger partial charge in [0.1, 0.15) is 11.4 Å². The van der Waals surface area contributed by atoms with Gasteiger partial charge in [0, 0.05) is 63.7 Å². The first-order valence-electron chi connectivity index (χ1n) is 16.4. The van der Waals surface area contributed by atoms with E-state index in [0.717, 1.165) is 79.6 Å². The second kappa shape index (κ2) is 15.2. The van der Waals surface area contributed by atoms with Crippen molar-refractivity contribution in [1.29, 1.82) is 5.26 Å². The van der Waals surface area contributed by atoms with Gasteiger partial charge < -0.3 is 42.5 Å². The molecule has 0 unspecified atom stereocenters. The minimum atomic E-state index is -4.32. The summed E-state index contributed by atoms with van der Waals surface area (Å²) < 4.78 is 38.0. The molecule has 13 nitrogen and oxygen atoms in total. The Kier molecular flexibility index (Phi) is 10.8. The zero-order valence-corrected chi connectivity index (χ0v) is 28.2. The molecular weight excluding hydrogens is 647 g/mol. The molecule has 0 atom stereocenters. The maximum absolute atomic E-state index is 12.7. The second-order valence-corrected chi connectivity index (χ2v) is 12.1. The van der Waals surface area contributed by atoms with E-state index in [4.69, 9.17) is 28.2 Å². The van der Waals surface area contributed by atoms with Crippen LogP contribution in [-0.4, -0.2) is 72.3 Å². The van der Waals surface area contributed by atoms with Crippen LogP contribution in [0.1, 0.15) is 35.9 Å². The summed E-state index contributed by atoms with van der Waals surface area (Å²) in [5.74, 6) is 1.18. The molecule has 2 fully saturated rings. The van der Waals surface area contributed by atoms with E-state index in [9.17, 15) is 13.2 Å². The third-order valence-electron chi connectivity index (χ3n) is 8.70. The molecule has 0 radical (unpaired) electrons. The van der Waals surface area contributed by atoms with E-state index in [0.29, 0.717) is 49.1 Å². The summed E-state index contributed by atoms with van der Waals surface area (Å²) in [4.78, 5) is 25.4. The number of nitriles is 1. The maximum atomic E-state index is 12.7. The van der Waals surface area contributed by atoms with Crippen molar-refractivity contribution in [2.24, 2.45) is 0 Å². The summed E-state index contributed by atoms with van der Waals surface area (Å²) in [7, 11) is 0. The van der Waals surface area contributed by atoms with Crippen molar-refractivity contribution < 1.29 is 13.2 Å². The van der Waals surface area contributed by atoms with Crippen molar-refractivity contribution in [3.05, 3.63) is 71.0 Å². The highest BCUT2D eigenvalue weighted by molar-refractivity contribution is 5.69. The monoisotopic (exact) mass is 689 g/mol. The zero-order chi connectivity index (χ0) is 36.0. The molecule has 264 valence electrons. The summed E-state index contributed by atoms with van der Waals surface area (Å²) in [6.07, 6.45) is -2.50. The minimum Gasteiger partial charge on any atom is -0.382 e. The Labute approximate surface area is 289 Å². The number of hydrogen-bond donors (Lipinski definition) is 4. The highest BCUT2D eigenvalue weighted by Gasteiger charge is 2.30. The fraction of sp³-hybridized carbons (Fsp3) is 0.382. The third-order valence-corrected chi connectivity index (χ3v) is 8.70. The number of piperazine rings is 2. The van der Waals surface area contributed by atoms with E-state index in [1.807, 2.05) is 36.1 Å². The third kappa shape index (κ3) is 8.28. The van der Waals surface area contributed by atoms with E-state index < -0.39 is 11.7 Å². The Balaban J connectivity index is 0.000000194. The number of halogens is 3. The molecule has 50 heavy (non-hydrogen) atoms. The summed E-state index contributed by atoms with van der Waals surface area (Å²) in [5, 5.41) is 8.91. The first-order valence-corrected chi connectivity index (χ1v) is 16.4. The smallest absolute Gasteiger partial charge is 0.382 e. The summed E-state index contributed by atoms with van der Waals surface area (Å²) >= 11 is 0. The van der Waals surface area contributed by atoms with Crippen LogP contribution >= 0.6 is 0 Å². The van der Waals surface area contributed by atoms with Gasteiger partial charge in [-0.25, -0.2) is 9.97 Å². The number of rotatable bonds is 6. The van der Waals surface area contributed by atoms with E-state index in [-0.39, 0.29) is 11.9 Å². The SMILES string of the molecule is CCCc1nc(N)nc(N)c1N1CCN(c2ccc(C#N)cc2)CC1.Cc1nc(N)nc(N)c1N1CCN(c2ccc(C(F)(F)F)cc2)CC1. The lowest BCUT2D eigenvalue weighted by Crippen LogP contribution is -2.47. The van der Waals surface area contributed by atoms with E-state index in [2.05, 4.69) is 47.6 Å². The molecule has 2 saturated heterocycles. The Morgan fingerprint density at radius 2 is 1.10 bits per heavy atom. The van der Waals surface area contributed by atoms with Gasteiger partial charge in [-0.1, -0.05) is 13.3 Å². The molecule has 2 aromatic carbocycles. The number of benzene rings is 2. The second-order valence-electron chi connectivity index (χ2n) is 12.1. The summed E-state index contributed by atoms with van der Waals surface area (Å²) in [6, 6.07) is 15.1. The lowest BCUT2D eigenvalue weighted by Gasteiger charge is -2.38. The molecule has 4 heterocycles. The molecule has 0 amide bonds. The first-order chi connectivity index (χ1) is 23.9.